The second-order valence-electron chi connectivity index (χ2n) is 5.81. The molecule has 0 bridgehead atoms. The lowest BCUT2D eigenvalue weighted by molar-refractivity contribution is 0.0189. The predicted octanol–water partition coefficient (Wildman–Crippen LogP) is 2.35. The van der Waals surface area contributed by atoms with Crippen LogP contribution in [0.2, 0.25) is 0 Å². The molecule has 1 aromatic rings. The maximum Gasteiger partial charge on any atom is 0.410 e. The van der Waals surface area contributed by atoms with E-state index in [1.807, 2.05) is 30.3 Å². The Morgan fingerprint density at radius 3 is 2.52 bits per heavy atom. The zero-order valence-corrected chi connectivity index (χ0v) is 12.7. The average Bonchev–Trinajstić information content (AvgIpc) is 2.42. The van der Waals surface area contributed by atoms with Gasteiger partial charge in [-0.05, 0) is 32.8 Å². The quantitative estimate of drug-likeness (QED) is 0.845. The summed E-state index contributed by atoms with van der Waals surface area (Å²) >= 11 is 0. The number of aliphatic hydroxyl groups is 1. The van der Waals surface area contributed by atoms with Gasteiger partial charge in [0.2, 0.25) is 0 Å². The monoisotopic (exact) mass is 290 g/mol. The fourth-order valence-corrected chi connectivity index (χ4v) is 1.74. The van der Waals surface area contributed by atoms with Crippen LogP contribution in [-0.2, 0) is 11.2 Å². The number of benzene rings is 1. The second-order valence-corrected chi connectivity index (χ2v) is 5.81. The van der Waals surface area contributed by atoms with Crippen molar-refractivity contribution in [3.8, 4) is 6.07 Å². The maximum absolute atomic E-state index is 12.1. The molecule has 0 saturated carbocycles. The molecule has 0 aromatic heterocycles. The molecule has 0 aliphatic heterocycles. The Labute approximate surface area is 125 Å². The minimum absolute atomic E-state index is 0.0573. The molecule has 114 valence electrons. The molecule has 1 amide bonds. The highest BCUT2D eigenvalue weighted by Gasteiger charge is 2.23. The number of rotatable bonds is 5. The molecule has 5 heteroatoms. The number of amides is 1. The number of ether oxygens (including phenoxy) is 1. The third-order valence-electron chi connectivity index (χ3n) is 2.71. The Kier molecular flexibility index (Phi) is 6.19. The lowest BCUT2D eigenvalue weighted by atomic mass is 10.1. The van der Waals surface area contributed by atoms with Crippen LogP contribution in [0.4, 0.5) is 4.79 Å². The zero-order chi connectivity index (χ0) is 15.9. The number of aliphatic hydroxyl groups excluding tert-OH is 1. The number of carbonyl (C=O) groups excluding carboxylic acids is 1. The molecule has 0 fully saturated rings. The summed E-state index contributed by atoms with van der Waals surface area (Å²) in [4.78, 5) is 13.5. The van der Waals surface area contributed by atoms with Crippen LogP contribution in [-0.4, -0.2) is 40.9 Å². The van der Waals surface area contributed by atoms with E-state index in [-0.39, 0.29) is 6.54 Å². The normalized spacial score (nSPS) is 12.3. The summed E-state index contributed by atoms with van der Waals surface area (Å²) in [6.07, 6.45) is -1.10. The predicted molar refractivity (Wildman–Crippen MR) is 79.6 cm³/mol. The van der Waals surface area contributed by atoms with E-state index in [1.165, 1.54) is 4.90 Å². The van der Waals surface area contributed by atoms with E-state index in [1.54, 1.807) is 26.8 Å². The van der Waals surface area contributed by atoms with Gasteiger partial charge in [-0.2, -0.15) is 5.26 Å². The summed E-state index contributed by atoms with van der Waals surface area (Å²) < 4.78 is 5.30. The second kappa shape index (κ2) is 7.65. The van der Waals surface area contributed by atoms with Crippen molar-refractivity contribution in [3.05, 3.63) is 35.9 Å². The van der Waals surface area contributed by atoms with E-state index >= 15 is 0 Å². The van der Waals surface area contributed by atoms with Gasteiger partial charge in [0.25, 0.3) is 0 Å². The van der Waals surface area contributed by atoms with Gasteiger partial charge in [0.05, 0.1) is 12.6 Å². The van der Waals surface area contributed by atoms with Crippen LogP contribution in [0.5, 0.6) is 0 Å². The van der Waals surface area contributed by atoms with Crippen LogP contribution in [0.15, 0.2) is 30.3 Å². The molecule has 0 saturated heterocycles. The first-order valence-electron chi connectivity index (χ1n) is 6.91. The van der Waals surface area contributed by atoms with Crippen LogP contribution >= 0.6 is 0 Å². The number of hydrogen-bond donors (Lipinski definition) is 1. The molecule has 0 heterocycles. The SMILES string of the molecule is CC(C)(C)OC(=O)N(CCc1ccccc1)CC(O)C#N. The largest absolute Gasteiger partial charge is 0.444 e. The Morgan fingerprint density at radius 2 is 2.00 bits per heavy atom. The van der Waals surface area contributed by atoms with Crippen molar-refractivity contribution >= 4 is 6.09 Å². The Balaban J connectivity index is 2.68. The van der Waals surface area contributed by atoms with Gasteiger partial charge in [0.15, 0.2) is 6.10 Å². The number of hydrogen-bond acceptors (Lipinski definition) is 4. The van der Waals surface area contributed by atoms with Crippen molar-refractivity contribution in [1.29, 1.82) is 5.26 Å². The molecule has 0 radical (unpaired) electrons. The average molecular weight is 290 g/mol. The first-order valence-corrected chi connectivity index (χ1v) is 6.91. The van der Waals surface area contributed by atoms with E-state index < -0.39 is 17.8 Å². The Hall–Kier alpha value is -2.06. The molecule has 0 spiro atoms. The summed E-state index contributed by atoms with van der Waals surface area (Å²) in [6, 6.07) is 11.4. The van der Waals surface area contributed by atoms with Crippen LogP contribution in [0.3, 0.4) is 0 Å². The van der Waals surface area contributed by atoms with E-state index in [4.69, 9.17) is 10.00 Å². The first-order chi connectivity index (χ1) is 9.81. The highest BCUT2D eigenvalue weighted by Crippen LogP contribution is 2.11. The van der Waals surface area contributed by atoms with Crippen molar-refractivity contribution in [2.45, 2.75) is 38.9 Å². The Morgan fingerprint density at radius 1 is 1.38 bits per heavy atom. The van der Waals surface area contributed by atoms with E-state index in [0.29, 0.717) is 13.0 Å². The van der Waals surface area contributed by atoms with Crippen molar-refractivity contribution < 1.29 is 14.6 Å². The van der Waals surface area contributed by atoms with Gasteiger partial charge in [-0.15, -0.1) is 0 Å². The summed E-state index contributed by atoms with van der Waals surface area (Å²) in [6.45, 7) is 5.67. The molecule has 1 rings (SSSR count). The fraction of sp³-hybridized carbons (Fsp3) is 0.500. The summed E-state index contributed by atoms with van der Waals surface area (Å²) in [5.74, 6) is 0. The molecule has 21 heavy (non-hydrogen) atoms. The number of nitriles is 1. The van der Waals surface area contributed by atoms with Crippen LogP contribution in [0.25, 0.3) is 0 Å². The molecule has 1 unspecified atom stereocenters. The number of nitrogens with zero attached hydrogens (tertiary/aromatic N) is 2. The van der Waals surface area contributed by atoms with E-state index in [9.17, 15) is 9.90 Å². The van der Waals surface area contributed by atoms with Crippen LogP contribution in [0.1, 0.15) is 26.3 Å². The minimum Gasteiger partial charge on any atom is -0.444 e. The van der Waals surface area contributed by atoms with E-state index in [2.05, 4.69) is 0 Å². The Bertz CT molecular complexity index is 488. The topological polar surface area (TPSA) is 73.6 Å². The molecule has 1 aromatic carbocycles. The van der Waals surface area contributed by atoms with Crippen LogP contribution in [0, 0.1) is 11.3 Å². The van der Waals surface area contributed by atoms with Gasteiger partial charge < -0.3 is 14.7 Å². The minimum atomic E-state index is -1.21. The van der Waals surface area contributed by atoms with E-state index in [0.717, 1.165) is 5.56 Å². The molecular weight excluding hydrogens is 268 g/mol. The van der Waals surface area contributed by atoms with Gasteiger partial charge in [0, 0.05) is 6.54 Å². The molecule has 0 aliphatic rings. The number of carbonyl (C=O) groups is 1. The summed E-state index contributed by atoms with van der Waals surface area (Å²) in [5.41, 5.74) is 0.470. The zero-order valence-electron chi connectivity index (χ0n) is 12.7. The lowest BCUT2D eigenvalue weighted by Gasteiger charge is -2.27. The fourth-order valence-electron chi connectivity index (χ4n) is 1.74. The van der Waals surface area contributed by atoms with Crippen molar-refractivity contribution in [2.24, 2.45) is 0 Å². The third kappa shape index (κ3) is 6.77. The highest BCUT2D eigenvalue weighted by molar-refractivity contribution is 5.68. The van der Waals surface area contributed by atoms with Crippen molar-refractivity contribution in [2.75, 3.05) is 13.1 Å². The molecular formula is C16H22N2O3. The van der Waals surface area contributed by atoms with Crippen molar-refractivity contribution in [3.63, 3.8) is 0 Å². The van der Waals surface area contributed by atoms with Gasteiger partial charge in [-0.1, -0.05) is 30.3 Å². The smallest absolute Gasteiger partial charge is 0.410 e. The van der Waals surface area contributed by atoms with Gasteiger partial charge in [-0.3, -0.25) is 0 Å². The van der Waals surface area contributed by atoms with Gasteiger partial charge in [-0.25, -0.2) is 4.79 Å². The molecule has 0 aliphatic carbocycles. The van der Waals surface area contributed by atoms with Gasteiger partial charge in [0.1, 0.15) is 5.60 Å². The lowest BCUT2D eigenvalue weighted by Crippen LogP contribution is -2.41. The van der Waals surface area contributed by atoms with Crippen LogP contribution < -0.4 is 0 Å². The van der Waals surface area contributed by atoms with Gasteiger partial charge >= 0.3 is 6.09 Å². The maximum atomic E-state index is 12.1. The van der Waals surface area contributed by atoms with Crippen molar-refractivity contribution in [1.82, 2.24) is 4.90 Å². The highest BCUT2D eigenvalue weighted by atomic mass is 16.6. The third-order valence-corrected chi connectivity index (χ3v) is 2.71. The molecule has 5 nitrogen and oxygen atoms in total. The standard InChI is InChI=1S/C16H22N2O3/c1-16(2,3)21-15(20)18(12-14(19)11-17)10-9-13-7-5-4-6-8-13/h4-8,14,19H,9-10,12H2,1-3H3. The molecule has 1 N–H and O–H groups in total. The molecule has 1 atom stereocenters. The summed E-state index contributed by atoms with van der Waals surface area (Å²) in [5, 5.41) is 18.2. The first kappa shape index (κ1) is 17.0. The summed E-state index contributed by atoms with van der Waals surface area (Å²) in [7, 11) is 0.